The highest BCUT2D eigenvalue weighted by atomic mass is 32.2. The van der Waals surface area contributed by atoms with Crippen molar-refractivity contribution >= 4 is 17.7 Å². The number of terminal acetylenes is 1. The van der Waals surface area contributed by atoms with Crippen LogP contribution in [0.25, 0.3) is 0 Å². The van der Waals surface area contributed by atoms with Gasteiger partial charge in [-0.15, -0.1) is 18.2 Å². The van der Waals surface area contributed by atoms with Crippen LogP contribution >= 0.6 is 11.8 Å². The zero-order chi connectivity index (χ0) is 13.7. The summed E-state index contributed by atoms with van der Waals surface area (Å²) in [7, 11) is 0. The van der Waals surface area contributed by atoms with Crippen LogP contribution < -0.4 is 4.74 Å². The van der Waals surface area contributed by atoms with Crippen LogP contribution in [0.3, 0.4) is 0 Å². The van der Waals surface area contributed by atoms with E-state index in [-0.39, 0.29) is 11.3 Å². The number of hydrogen-bond donors (Lipinski definition) is 0. The lowest BCUT2D eigenvalue weighted by Crippen LogP contribution is -2.28. The third-order valence-corrected chi connectivity index (χ3v) is 4.01. The smallest absolute Gasteiger partial charge is 0.234 e. The first-order valence-electron chi connectivity index (χ1n) is 5.95. The standard InChI is InChI=1S/C15H15NO2S/c1-3-9-16-14(17)11-19-15(16)12-7-5-6-8-13(12)18-10-4-2/h1,4-8,15H,2,9-11H2. The van der Waals surface area contributed by atoms with Crippen molar-refractivity contribution in [2.24, 2.45) is 0 Å². The van der Waals surface area contributed by atoms with Crippen LogP contribution in [-0.4, -0.2) is 29.7 Å². The van der Waals surface area contributed by atoms with E-state index in [2.05, 4.69) is 12.5 Å². The molecule has 1 atom stereocenters. The summed E-state index contributed by atoms with van der Waals surface area (Å²) in [5.74, 6) is 3.85. The van der Waals surface area contributed by atoms with Crippen LogP contribution in [0.4, 0.5) is 0 Å². The zero-order valence-electron chi connectivity index (χ0n) is 10.5. The lowest BCUT2D eigenvalue weighted by atomic mass is 10.2. The molecule has 0 aromatic heterocycles. The Morgan fingerprint density at radius 3 is 3.11 bits per heavy atom. The van der Waals surface area contributed by atoms with Gasteiger partial charge in [-0.05, 0) is 6.07 Å². The lowest BCUT2D eigenvalue weighted by molar-refractivity contribution is -0.127. The number of rotatable bonds is 5. The molecule has 19 heavy (non-hydrogen) atoms. The number of benzene rings is 1. The minimum absolute atomic E-state index is 0.0652. The molecule has 1 aromatic rings. The Hall–Kier alpha value is -1.86. The Kier molecular flexibility index (Phi) is 4.53. The van der Waals surface area contributed by atoms with Gasteiger partial charge >= 0.3 is 0 Å². The molecule has 0 N–H and O–H groups in total. The summed E-state index contributed by atoms with van der Waals surface area (Å²) in [6.45, 7) is 4.41. The van der Waals surface area contributed by atoms with Crippen molar-refractivity contribution < 1.29 is 9.53 Å². The molecule has 1 heterocycles. The number of nitrogens with zero attached hydrogens (tertiary/aromatic N) is 1. The Balaban J connectivity index is 2.27. The van der Waals surface area contributed by atoms with Gasteiger partial charge in [-0.1, -0.05) is 36.8 Å². The van der Waals surface area contributed by atoms with Gasteiger partial charge in [0, 0.05) is 5.56 Å². The maximum atomic E-state index is 11.8. The van der Waals surface area contributed by atoms with Gasteiger partial charge in [0.15, 0.2) is 0 Å². The first-order chi connectivity index (χ1) is 9.27. The number of carbonyl (C=O) groups excluding carboxylic acids is 1. The lowest BCUT2D eigenvalue weighted by Gasteiger charge is -2.23. The molecule has 0 bridgehead atoms. The highest BCUT2D eigenvalue weighted by Gasteiger charge is 2.33. The molecule has 0 aliphatic carbocycles. The van der Waals surface area contributed by atoms with E-state index in [9.17, 15) is 4.79 Å². The normalized spacial score (nSPS) is 18.2. The van der Waals surface area contributed by atoms with E-state index < -0.39 is 0 Å². The van der Waals surface area contributed by atoms with Crippen molar-refractivity contribution in [2.45, 2.75) is 5.37 Å². The van der Waals surface area contributed by atoms with E-state index in [1.165, 1.54) is 0 Å². The summed E-state index contributed by atoms with van der Waals surface area (Å²) in [5.41, 5.74) is 0.982. The molecule has 98 valence electrons. The van der Waals surface area contributed by atoms with Crippen LogP contribution in [0.5, 0.6) is 5.75 Å². The first-order valence-corrected chi connectivity index (χ1v) is 7.00. The van der Waals surface area contributed by atoms with Crippen molar-refractivity contribution in [3.8, 4) is 18.1 Å². The Labute approximate surface area is 117 Å². The molecule has 0 radical (unpaired) electrons. The third kappa shape index (κ3) is 2.94. The fourth-order valence-electron chi connectivity index (χ4n) is 1.95. The molecule has 1 amide bonds. The Bertz CT molecular complexity index is 521. The van der Waals surface area contributed by atoms with Crippen LogP contribution in [0.2, 0.25) is 0 Å². The summed E-state index contributed by atoms with van der Waals surface area (Å²) >= 11 is 1.57. The largest absolute Gasteiger partial charge is 0.489 e. The number of para-hydroxylation sites is 1. The highest BCUT2D eigenvalue weighted by Crippen LogP contribution is 2.42. The molecule has 3 nitrogen and oxygen atoms in total. The molecule has 1 aliphatic rings. The van der Waals surface area contributed by atoms with Crippen molar-refractivity contribution in [3.63, 3.8) is 0 Å². The second-order valence-electron chi connectivity index (χ2n) is 4.03. The molecule has 0 saturated carbocycles. The molecule has 1 saturated heterocycles. The van der Waals surface area contributed by atoms with E-state index in [0.717, 1.165) is 11.3 Å². The minimum atomic E-state index is -0.0652. The van der Waals surface area contributed by atoms with E-state index in [4.69, 9.17) is 11.2 Å². The summed E-state index contributed by atoms with van der Waals surface area (Å²) < 4.78 is 5.64. The van der Waals surface area contributed by atoms with Gasteiger partial charge in [0.1, 0.15) is 17.7 Å². The summed E-state index contributed by atoms with van der Waals surface area (Å²) in [6.07, 6.45) is 7.03. The van der Waals surface area contributed by atoms with E-state index in [1.807, 2.05) is 24.3 Å². The van der Waals surface area contributed by atoms with Gasteiger partial charge in [0.25, 0.3) is 0 Å². The fraction of sp³-hybridized carbons (Fsp3) is 0.267. The van der Waals surface area contributed by atoms with E-state index >= 15 is 0 Å². The van der Waals surface area contributed by atoms with Crippen molar-refractivity contribution in [1.82, 2.24) is 4.90 Å². The number of thioether (sulfide) groups is 1. The van der Waals surface area contributed by atoms with Gasteiger partial charge in [-0.2, -0.15) is 0 Å². The first kappa shape index (κ1) is 13.6. The molecule has 1 aromatic carbocycles. The second-order valence-corrected chi connectivity index (χ2v) is 5.10. The predicted molar refractivity (Wildman–Crippen MR) is 77.9 cm³/mol. The second kappa shape index (κ2) is 6.35. The van der Waals surface area contributed by atoms with Gasteiger partial charge < -0.3 is 9.64 Å². The molecular weight excluding hydrogens is 258 g/mol. The third-order valence-electron chi connectivity index (χ3n) is 2.77. The summed E-state index contributed by atoms with van der Waals surface area (Å²) in [4.78, 5) is 13.5. The molecule has 1 aliphatic heterocycles. The number of hydrogen-bond acceptors (Lipinski definition) is 3. The van der Waals surface area contributed by atoms with Gasteiger partial charge in [0.05, 0.1) is 12.3 Å². The number of ether oxygens (including phenoxy) is 1. The fourth-order valence-corrected chi connectivity index (χ4v) is 3.16. The average molecular weight is 273 g/mol. The molecule has 4 heteroatoms. The summed E-state index contributed by atoms with van der Waals surface area (Å²) in [5, 5.41) is -0.0652. The molecule has 0 spiro atoms. The summed E-state index contributed by atoms with van der Waals surface area (Å²) in [6, 6.07) is 7.72. The SMILES string of the molecule is C#CCN1C(=O)CSC1c1ccccc1OCC=C. The molecule has 2 rings (SSSR count). The van der Waals surface area contributed by atoms with Crippen molar-refractivity contribution in [3.05, 3.63) is 42.5 Å². The number of amides is 1. The Morgan fingerprint density at radius 2 is 2.37 bits per heavy atom. The average Bonchev–Trinajstić information content (AvgIpc) is 2.79. The van der Waals surface area contributed by atoms with E-state index in [1.54, 1.807) is 22.7 Å². The quantitative estimate of drug-likeness (QED) is 0.609. The zero-order valence-corrected chi connectivity index (χ0v) is 11.4. The van der Waals surface area contributed by atoms with Crippen LogP contribution in [-0.2, 0) is 4.79 Å². The molecular formula is C15H15NO2S. The van der Waals surface area contributed by atoms with Crippen molar-refractivity contribution in [1.29, 1.82) is 0 Å². The van der Waals surface area contributed by atoms with Crippen LogP contribution in [0.1, 0.15) is 10.9 Å². The van der Waals surface area contributed by atoms with E-state index in [0.29, 0.717) is 18.9 Å². The molecule has 1 fully saturated rings. The van der Waals surface area contributed by atoms with Gasteiger partial charge in [0.2, 0.25) is 5.91 Å². The highest BCUT2D eigenvalue weighted by molar-refractivity contribution is 8.00. The Morgan fingerprint density at radius 1 is 1.58 bits per heavy atom. The van der Waals surface area contributed by atoms with Crippen LogP contribution in [0, 0.1) is 12.3 Å². The number of carbonyl (C=O) groups is 1. The monoisotopic (exact) mass is 273 g/mol. The maximum Gasteiger partial charge on any atom is 0.234 e. The van der Waals surface area contributed by atoms with Gasteiger partial charge in [-0.25, -0.2) is 0 Å². The van der Waals surface area contributed by atoms with Gasteiger partial charge in [-0.3, -0.25) is 4.79 Å². The molecule has 1 unspecified atom stereocenters. The van der Waals surface area contributed by atoms with Crippen molar-refractivity contribution in [2.75, 3.05) is 18.9 Å². The topological polar surface area (TPSA) is 29.5 Å². The maximum absolute atomic E-state index is 11.8. The minimum Gasteiger partial charge on any atom is -0.489 e. The van der Waals surface area contributed by atoms with Crippen LogP contribution in [0.15, 0.2) is 36.9 Å². The predicted octanol–water partition coefficient (Wildman–Crippen LogP) is 2.46.